The van der Waals surface area contributed by atoms with Gasteiger partial charge in [0.2, 0.25) is 5.91 Å². The van der Waals surface area contributed by atoms with Gasteiger partial charge in [0.15, 0.2) is 0 Å². The summed E-state index contributed by atoms with van der Waals surface area (Å²) in [5.74, 6) is 0.191. The molecule has 1 aromatic carbocycles. The van der Waals surface area contributed by atoms with Gasteiger partial charge in [-0.2, -0.15) is 0 Å². The second-order valence-corrected chi connectivity index (χ2v) is 8.41. The number of carbonyl (C=O) groups is 1. The number of carbonyl (C=O) groups excluding carboxylic acids is 1. The number of nitrogens with zero attached hydrogens (tertiary/aromatic N) is 2. The van der Waals surface area contributed by atoms with Crippen molar-refractivity contribution in [1.82, 2.24) is 9.88 Å². The van der Waals surface area contributed by atoms with Crippen LogP contribution in [0.25, 0.3) is 10.6 Å². The predicted octanol–water partition coefficient (Wildman–Crippen LogP) is 4.91. The minimum atomic E-state index is 0.191. The first-order valence-electron chi connectivity index (χ1n) is 8.52. The summed E-state index contributed by atoms with van der Waals surface area (Å²) >= 11 is 3.33. The van der Waals surface area contributed by atoms with Crippen LogP contribution in [0.4, 0.5) is 0 Å². The Morgan fingerprint density at radius 1 is 1.20 bits per heavy atom. The zero-order chi connectivity index (χ0) is 17.2. The van der Waals surface area contributed by atoms with E-state index in [2.05, 4.69) is 47.6 Å². The summed E-state index contributed by atoms with van der Waals surface area (Å²) in [5.41, 5.74) is 3.23. The zero-order valence-corrected chi connectivity index (χ0v) is 15.8. The van der Waals surface area contributed by atoms with Gasteiger partial charge >= 0.3 is 0 Å². The zero-order valence-electron chi connectivity index (χ0n) is 14.1. The third kappa shape index (κ3) is 3.99. The van der Waals surface area contributed by atoms with E-state index in [0.717, 1.165) is 35.7 Å². The smallest absolute Gasteiger partial charge is 0.229 e. The first kappa shape index (κ1) is 16.5. The highest BCUT2D eigenvalue weighted by atomic mass is 32.1. The van der Waals surface area contributed by atoms with Crippen molar-refractivity contribution in [3.63, 3.8) is 0 Å². The molecule has 0 unspecified atom stereocenters. The lowest BCUT2D eigenvalue weighted by atomic mass is 10.2. The topological polar surface area (TPSA) is 33.2 Å². The number of hydrogen-bond donors (Lipinski definition) is 0. The van der Waals surface area contributed by atoms with Gasteiger partial charge in [-0.05, 0) is 31.2 Å². The van der Waals surface area contributed by atoms with E-state index in [-0.39, 0.29) is 5.91 Å². The molecule has 0 bridgehead atoms. The molecule has 1 aliphatic rings. The molecular weight excluding hydrogens is 348 g/mol. The number of amides is 1. The molecule has 3 aromatic rings. The molecule has 128 valence electrons. The number of thiophene rings is 1. The van der Waals surface area contributed by atoms with Crippen molar-refractivity contribution >= 4 is 28.6 Å². The largest absolute Gasteiger partial charge is 0.334 e. The van der Waals surface area contributed by atoms with Crippen LogP contribution in [0.2, 0.25) is 0 Å². The van der Waals surface area contributed by atoms with Crippen LogP contribution < -0.4 is 0 Å². The highest BCUT2D eigenvalue weighted by Crippen LogP contribution is 2.30. The second kappa shape index (κ2) is 7.10. The van der Waals surface area contributed by atoms with E-state index in [1.165, 1.54) is 10.4 Å². The standard InChI is InChI=1S/C20H20N2OS2/c1-14-4-6-15(7-5-14)20-21-16(13-25-20)11-19(23)22(17-8-9-17)12-18-3-2-10-24-18/h2-7,10,13,17H,8-9,11-12H2,1H3. The molecule has 0 N–H and O–H groups in total. The average Bonchev–Trinajstić information content (AvgIpc) is 3.12. The first-order chi connectivity index (χ1) is 12.2. The predicted molar refractivity (Wildman–Crippen MR) is 104 cm³/mol. The Bertz CT molecular complexity index is 848. The Balaban J connectivity index is 1.45. The summed E-state index contributed by atoms with van der Waals surface area (Å²) in [5, 5.41) is 5.07. The van der Waals surface area contributed by atoms with E-state index in [4.69, 9.17) is 0 Å². The van der Waals surface area contributed by atoms with Crippen LogP contribution in [0.1, 0.15) is 29.0 Å². The Labute approximate surface area is 156 Å². The summed E-state index contributed by atoms with van der Waals surface area (Å²) in [6, 6.07) is 12.9. The molecule has 5 heteroatoms. The fraction of sp³-hybridized carbons (Fsp3) is 0.300. The normalized spacial score (nSPS) is 13.8. The van der Waals surface area contributed by atoms with Crippen molar-refractivity contribution in [3.05, 3.63) is 63.3 Å². The van der Waals surface area contributed by atoms with Crippen LogP contribution in [0.5, 0.6) is 0 Å². The third-order valence-electron chi connectivity index (χ3n) is 4.40. The van der Waals surface area contributed by atoms with Crippen molar-refractivity contribution in [3.8, 4) is 10.6 Å². The number of aromatic nitrogens is 1. The Hall–Kier alpha value is -1.98. The van der Waals surface area contributed by atoms with Gasteiger partial charge in [0.05, 0.1) is 18.7 Å². The molecule has 1 amide bonds. The lowest BCUT2D eigenvalue weighted by Gasteiger charge is -2.21. The molecule has 25 heavy (non-hydrogen) atoms. The van der Waals surface area contributed by atoms with E-state index in [1.54, 1.807) is 22.7 Å². The maximum absolute atomic E-state index is 12.8. The number of hydrogen-bond acceptors (Lipinski definition) is 4. The fourth-order valence-electron chi connectivity index (χ4n) is 2.85. The number of aryl methyl sites for hydroxylation is 1. The van der Waals surface area contributed by atoms with Crippen molar-refractivity contribution in [2.45, 2.75) is 38.8 Å². The van der Waals surface area contributed by atoms with Crippen LogP contribution in [0.15, 0.2) is 47.2 Å². The number of rotatable bonds is 6. The minimum Gasteiger partial charge on any atom is -0.334 e. The van der Waals surface area contributed by atoms with Crippen molar-refractivity contribution < 1.29 is 4.79 Å². The summed E-state index contributed by atoms with van der Waals surface area (Å²) < 4.78 is 0. The van der Waals surface area contributed by atoms with Gasteiger partial charge in [-0.15, -0.1) is 22.7 Å². The highest BCUT2D eigenvalue weighted by Gasteiger charge is 2.32. The van der Waals surface area contributed by atoms with Crippen LogP contribution in [-0.2, 0) is 17.8 Å². The lowest BCUT2D eigenvalue weighted by molar-refractivity contribution is -0.131. The molecule has 0 saturated heterocycles. The van der Waals surface area contributed by atoms with Crippen LogP contribution in [-0.4, -0.2) is 21.8 Å². The summed E-state index contributed by atoms with van der Waals surface area (Å²) in [6.07, 6.45) is 2.65. The second-order valence-electron chi connectivity index (χ2n) is 6.52. The molecule has 4 rings (SSSR count). The quantitative estimate of drug-likeness (QED) is 0.619. The third-order valence-corrected chi connectivity index (χ3v) is 6.20. The fourth-order valence-corrected chi connectivity index (χ4v) is 4.38. The molecule has 1 fully saturated rings. The van der Waals surface area contributed by atoms with Gasteiger partial charge < -0.3 is 4.90 Å². The van der Waals surface area contributed by atoms with Crippen LogP contribution in [0, 0.1) is 6.92 Å². The summed E-state index contributed by atoms with van der Waals surface area (Å²) in [7, 11) is 0. The average molecular weight is 369 g/mol. The molecule has 1 saturated carbocycles. The lowest BCUT2D eigenvalue weighted by Crippen LogP contribution is -2.33. The van der Waals surface area contributed by atoms with E-state index >= 15 is 0 Å². The number of thiazole rings is 1. The van der Waals surface area contributed by atoms with E-state index in [0.29, 0.717) is 12.5 Å². The molecule has 0 radical (unpaired) electrons. The maximum atomic E-state index is 12.8. The summed E-state index contributed by atoms with van der Waals surface area (Å²) in [6.45, 7) is 2.81. The van der Waals surface area contributed by atoms with Gasteiger partial charge in [0.25, 0.3) is 0 Å². The van der Waals surface area contributed by atoms with Gasteiger partial charge in [-0.3, -0.25) is 4.79 Å². The SMILES string of the molecule is Cc1ccc(-c2nc(CC(=O)N(Cc3cccs3)C3CC3)cs2)cc1. The molecule has 3 nitrogen and oxygen atoms in total. The number of benzene rings is 1. The van der Waals surface area contributed by atoms with Gasteiger partial charge in [-0.25, -0.2) is 4.98 Å². The van der Waals surface area contributed by atoms with E-state index in [9.17, 15) is 4.79 Å². The van der Waals surface area contributed by atoms with Crippen LogP contribution in [0.3, 0.4) is 0 Å². The maximum Gasteiger partial charge on any atom is 0.229 e. The highest BCUT2D eigenvalue weighted by molar-refractivity contribution is 7.13. The van der Waals surface area contributed by atoms with E-state index < -0.39 is 0 Å². The van der Waals surface area contributed by atoms with Gasteiger partial charge in [0.1, 0.15) is 5.01 Å². The monoisotopic (exact) mass is 368 g/mol. The van der Waals surface area contributed by atoms with E-state index in [1.807, 2.05) is 16.3 Å². The first-order valence-corrected chi connectivity index (χ1v) is 10.3. The summed E-state index contributed by atoms with van der Waals surface area (Å²) in [4.78, 5) is 20.8. The molecule has 0 spiro atoms. The molecule has 2 heterocycles. The molecule has 2 aromatic heterocycles. The van der Waals surface area contributed by atoms with Gasteiger partial charge in [-0.1, -0.05) is 35.9 Å². The van der Waals surface area contributed by atoms with Crippen molar-refractivity contribution in [2.75, 3.05) is 0 Å². The Kier molecular flexibility index (Phi) is 4.68. The molecule has 0 atom stereocenters. The minimum absolute atomic E-state index is 0.191. The van der Waals surface area contributed by atoms with Crippen molar-refractivity contribution in [1.29, 1.82) is 0 Å². The molecule has 1 aliphatic carbocycles. The molecule has 0 aliphatic heterocycles. The Morgan fingerprint density at radius 3 is 2.68 bits per heavy atom. The van der Waals surface area contributed by atoms with Crippen LogP contribution >= 0.6 is 22.7 Å². The molecular formula is C20H20N2OS2. The van der Waals surface area contributed by atoms with Gasteiger partial charge in [0, 0.05) is 21.9 Å². The Morgan fingerprint density at radius 2 is 2.00 bits per heavy atom. The van der Waals surface area contributed by atoms with Crippen molar-refractivity contribution in [2.24, 2.45) is 0 Å².